The van der Waals surface area contributed by atoms with Crippen molar-refractivity contribution < 1.29 is 4.74 Å². The highest BCUT2D eigenvalue weighted by molar-refractivity contribution is 14.0. The molecule has 2 aromatic rings. The maximum atomic E-state index is 5.78. The molecule has 1 fully saturated rings. The fourth-order valence-corrected chi connectivity index (χ4v) is 3.16. The van der Waals surface area contributed by atoms with Crippen molar-refractivity contribution in [1.82, 2.24) is 20.2 Å². The van der Waals surface area contributed by atoms with Crippen LogP contribution in [0, 0.1) is 6.92 Å². The van der Waals surface area contributed by atoms with Gasteiger partial charge in [0.15, 0.2) is 5.96 Å². The molecule has 2 heterocycles. The average molecular weight is 510 g/mol. The number of piperazine rings is 1. The van der Waals surface area contributed by atoms with Gasteiger partial charge in [-0.2, -0.15) is 0 Å². The van der Waals surface area contributed by atoms with E-state index in [0.717, 1.165) is 69.8 Å². The fraction of sp³-hybridized carbons (Fsp3) is 0.476. The molecule has 1 aliphatic rings. The molecular weight excluding hydrogens is 479 g/mol. The number of aryl methyl sites for hydroxylation is 1. The third-order valence-corrected chi connectivity index (χ3v) is 4.77. The lowest BCUT2D eigenvalue weighted by atomic mass is 10.2. The Morgan fingerprint density at radius 2 is 1.76 bits per heavy atom. The Kier molecular flexibility index (Phi) is 9.96. The van der Waals surface area contributed by atoms with E-state index in [1.165, 1.54) is 5.56 Å². The summed E-state index contributed by atoms with van der Waals surface area (Å²) in [4.78, 5) is 17.6. The molecule has 1 aliphatic heterocycles. The molecule has 29 heavy (non-hydrogen) atoms. The minimum absolute atomic E-state index is 0. The van der Waals surface area contributed by atoms with E-state index in [1.807, 2.05) is 25.2 Å². The Morgan fingerprint density at radius 1 is 1.07 bits per heavy atom. The van der Waals surface area contributed by atoms with Gasteiger partial charge in [0.1, 0.15) is 5.75 Å². The number of nitrogens with zero attached hydrogens (tertiary/aromatic N) is 5. The van der Waals surface area contributed by atoms with Crippen LogP contribution in [0.15, 0.2) is 47.7 Å². The van der Waals surface area contributed by atoms with Crippen LogP contribution < -0.4 is 15.0 Å². The van der Waals surface area contributed by atoms with Crippen LogP contribution in [0.3, 0.4) is 0 Å². The van der Waals surface area contributed by atoms with Gasteiger partial charge >= 0.3 is 0 Å². The Hall–Kier alpha value is -2.10. The number of ether oxygens (including phenoxy) is 1. The third kappa shape index (κ3) is 7.34. The second-order valence-electron chi connectivity index (χ2n) is 6.87. The number of benzene rings is 1. The molecule has 158 valence electrons. The number of aliphatic imine (C=N–C) groups is 1. The largest absolute Gasteiger partial charge is 0.494 e. The number of hydrogen-bond acceptors (Lipinski definition) is 5. The number of nitrogens with one attached hydrogen (secondary N) is 1. The zero-order valence-electron chi connectivity index (χ0n) is 17.3. The van der Waals surface area contributed by atoms with Gasteiger partial charge in [0.2, 0.25) is 5.95 Å². The Morgan fingerprint density at radius 3 is 2.41 bits per heavy atom. The second kappa shape index (κ2) is 12.5. The van der Waals surface area contributed by atoms with Crippen molar-refractivity contribution >= 4 is 35.9 Å². The van der Waals surface area contributed by atoms with Gasteiger partial charge < -0.3 is 19.9 Å². The summed E-state index contributed by atoms with van der Waals surface area (Å²) in [6.45, 7) is 7.33. The van der Waals surface area contributed by atoms with Gasteiger partial charge in [0.25, 0.3) is 0 Å². The average Bonchev–Trinajstić information content (AvgIpc) is 2.75. The van der Waals surface area contributed by atoms with Gasteiger partial charge in [-0.1, -0.05) is 17.7 Å². The summed E-state index contributed by atoms with van der Waals surface area (Å²) < 4.78 is 5.78. The van der Waals surface area contributed by atoms with Crippen molar-refractivity contribution in [3.63, 3.8) is 0 Å². The van der Waals surface area contributed by atoms with Crippen LogP contribution in [0.25, 0.3) is 0 Å². The molecule has 0 bridgehead atoms. The summed E-state index contributed by atoms with van der Waals surface area (Å²) in [5.74, 6) is 2.71. The molecule has 1 N–H and O–H groups in total. The molecule has 0 saturated carbocycles. The van der Waals surface area contributed by atoms with Crippen molar-refractivity contribution in [2.24, 2.45) is 4.99 Å². The van der Waals surface area contributed by atoms with E-state index in [2.05, 4.69) is 49.1 Å². The zero-order chi connectivity index (χ0) is 19.6. The van der Waals surface area contributed by atoms with Crippen LogP contribution in [0.1, 0.15) is 18.4 Å². The number of hydrogen-bond donors (Lipinski definition) is 1. The van der Waals surface area contributed by atoms with Crippen molar-refractivity contribution in [2.75, 3.05) is 51.3 Å². The molecule has 0 spiro atoms. The van der Waals surface area contributed by atoms with Crippen molar-refractivity contribution in [2.45, 2.75) is 19.8 Å². The first-order valence-corrected chi connectivity index (χ1v) is 9.93. The van der Waals surface area contributed by atoms with Gasteiger partial charge in [-0.05, 0) is 38.0 Å². The van der Waals surface area contributed by atoms with Gasteiger partial charge in [0, 0.05) is 52.2 Å². The van der Waals surface area contributed by atoms with Crippen LogP contribution in [-0.4, -0.2) is 67.2 Å². The van der Waals surface area contributed by atoms with E-state index in [-0.39, 0.29) is 24.0 Å². The summed E-state index contributed by atoms with van der Waals surface area (Å²) in [6.07, 6.45) is 5.63. The van der Waals surface area contributed by atoms with Crippen LogP contribution in [0.5, 0.6) is 5.75 Å². The first kappa shape index (κ1) is 23.2. The topological polar surface area (TPSA) is 65.9 Å². The highest BCUT2D eigenvalue weighted by Gasteiger charge is 2.20. The minimum Gasteiger partial charge on any atom is -0.494 e. The molecule has 0 amide bonds. The lowest BCUT2D eigenvalue weighted by molar-refractivity contribution is 0.306. The predicted octanol–water partition coefficient (Wildman–Crippen LogP) is 2.96. The first-order valence-electron chi connectivity index (χ1n) is 9.93. The third-order valence-electron chi connectivity index (χ3n) is 4.77. The predicted molar refractivity (Wildman–Crippen MR) is 129 cm³/mol. The normalized spacial score (nSPS) is 14.3. The second-order valence-corrected chi connectivity index (χ2v) is 6.87. The molecule has 0 aliphatic carbocycles. The highest BCUT2D eigenvalue weighted by atomic mass is 127. The molecule has 1 saturated heterocycles. The summed E-state index contributed by atoms with van der Waals surface area (Å²) in [5.41, 5.74) is 1.25. The molecule has 3 rings (SSSR count). The molecule has 0 radical (unpaired) electrons. The fourth-order valence-electron chi connectivity index (χ4n) is 3.16. The molecule has 0 atom stereocenters. The summed E-state index contributed by atoms with van der Waals surface area (Å²) >= 11 is 0. The Labute approximate surface area is 190 Å². The molecule has 1 aromatic heterocycles. The molecular formula is C21H31IN6O. The minimum atomic E-state index is 0. The SMILES string of the molecule is CN=C(NCCCCOc1ccc(C)cc1)N1CCN(c2ncccn2)CC1.I. The van der Waals surface area contributed by atoms with Crippen molar-refractivity contribution in [3.05, 3.63) is 48.3 Å². The van der Waals surface area contributed by atoms with E-state index < -0.39 is 0 Å². The number of aromatic nitrogens is 2. The van der Waals surface area contributed by atoms with Crippen LogP contribution in [-0.2, 0) is 0 Å². The van der Waals surface area contributed by atoms with Crippen LogP contribution >= 0.6 is 24.0 Å². The van der Waals surface area contributed by atoms with Gasteiger partial charge in [0.05, 0.1) is 6.61 Å². The quantitative estimate of drug-likeness (QED) is 0.268. The number of halogens is 1. The maximum Gasteiger partial charge on any atom is 0.225 e. The van der Waals surface area contributed by atoms with Crippen molar-refractivity contribution in [1.29, 1.82) is 0 Å². The van der Waals surface area contributed by atoms with E-state index in [1.54, 1.807) is 12.4 Å². The van der Waals surface area contributed by atoms with E-state index in [4.69, 9.17) is 4.74 Å². The molecule has 8 heteroatoms. The van der Waals surface area contributed by atoms with Gasteiger partial charge in [-0.15, -0.1) is 24.0 Å². The Bertz CT molecular complexity index is 733. The lowest BCUT2D eigenvalue weighted by Crippen LogP contribution is -2.53. The number of rotatable bonds is 7. The van der Waals surface area contributed by atoms with Gasteiger partial charge in [-0.3, -0.25) is 4.99 Å². The van der Waals surface area contributed by atoms with Crippen LogP contribution in [0.2, 0.25) is 0 Å². The van der Waals surface area contributed by atoms with Crippen LogP contribution in [0.4, 0.5) is 5.95 Å². The van der Waals surface area contributed by atoms with E-state index in [0.29, 0.717) is 0 Å². The zero-order valence-corrected chi connectivity index (χ0v) is 19.6. The highest BCUT2D eigenvalue weighted by Crippen LogP contribution is 2.12. The first-order chi connectivity index (χ1) is 13.8. The number of unbranched alkanes of at least 4 members (excludes halogenated alkanes) is 1. The smallest absolute Gasteiger partial charge is 0.225 e. The molecule has 0 unspecified atom stereocenters. The Balaban J connectivity index is 0.00000300. The standard InChI is InChI=1S/C21H30N6O.HI/c1-18-6-8-19(9-7-18)28-17-4-3-10-23-20(22-2)26-13-15-27(16-14-26)21-24-11-5-12-25-21;/h5-9,11-12H,3-4,10,13-17H2,1-2H3,(H,22,23);1H. The number of guanidine groups is 1. The number of anilines is 1. The summed E-state index contributed by atoms with van der Waals surface area (Å²) in [6, 6.07) is 10.0. The monoisotopic (exact) mass is 510 g/mol. The molecule has 7 nitrogen and oxygen atoms in total. The van der Waals surface area contributed by atoms with Crippen molar-refractivity contribution in [3.8, 4) is 5.75 Å². The lowest BCUT2D eigenvalue weighted by Gasteiger charge is -2.36. The van der Waals surface area contributed by atoms with Gasteiger partial charge in [-0.25, -0.2) is 9.97 Å². The summed E-state index contributed by atoms with van der Waals surface area (Å²) in [7, 11) is 1.84. The summed E-state index contributed by atoms with van der Waals surface area (Å²) in [5, 5.41) is 3.47. The van der Waals surface area contributed by atoms with E-state index in [9.17, 15) is 0 Å². The molecule has 1 aromatic carbocycles. The van der Waals surface area contributed by atoms with E-state index >= 15 is 0 Å². The maximum absolute atomic E-state index is 5.78.